The van der Waals surface area contributed by atoms with E-state index in [0.29, 0.717) is 12.8 Å². The number of rotatable bonds is 12. The molecule has 3 aromatic rings. The highest BCUT2D eigenvalue weighted by Crippen LogP contribution is 2.47. The third-order valence-electron chi connectivity index (χ3n) is 7.80. The molecule has 0 radical (unpaired) electrons. The van der Waals surface area contributed by atoms with Crippen LogP contribution in [0.15, 0.2) is 60.7 Å². The van der Waals surface area contributed by atoms with Gasteiger partial charge in [-0.3, -0.25) is 4.79 Å². The number of nitrogens with zero attached hydrogens (tertiary/aromatic N) is 1. The lowest BCUT2D eigenvalue weighted by molar-refractivity contribution is -0.143. The predicted molar refractivity (Wildman–Crippen MR) is 159 cm³/mol. The van der Waals surface area contributed by atoms with Crippen molar-refractivity contribution in [2.24, 2.45) is 0 Å². The molecule has 1 heterocycles. The van der Waals surface area contributed by atoms with Gasteiger partial charge >= 0.3 is 5.97 Å². The van der Waals surface area contributed by atoms with E-state index in [0.717, 1.165) is 36.4 Å². The van der Waals surface area contributed by atoms with Gasteiger partial charge in [-0.25, -0.2) is 0 Å². The van der Waals surface area contributed by atoms with Crippen LogP contribution in [0.4, 0.5) is 5.69 Å². The van der Waals surface area contributed by atoms with Crippen molar-refractivity contribution in [1.82, 2.24) is 0 Å². The maximum Gasteiger partial charge on any atom is 0.308 e. The summed E-state index contributed by atoms with van der Waals surface area (Å²) in [5.74, 6) is 0.453. The van der Waals surface area contributed by atoms with Crippen LogP contribution in [0.25, 0.3) is 0 Å². The molecule has 0 fully saturated rings. The SMILES string of the molecule is COC(=O)CC(O)CC(O)CCc1c(C)c(N(Cc2ccccc2)Cc2ccccc2)c(C)c2c1OC(C)(C)C2. The maximum atomic E-state index is 11.5. The van der Waals surface area contributed by atoms with E-state index >= 15 is 0 Å². The number of hydrogen-bond donors (Lipinski definition) is 2. The van der Waals surface area contributed by atoms with Gasteiger partial charge < -0.3 is 24.6 Å². The lowest BCUT2D eigenvalue weighted by atomic mass is 9.89. The summed E-state index contributed by atoms with van der Waals surface area (Å²) in [6.07, 6.45) is 0.184. The number of carbonyl (C=O) groups excluding carboxylic acids is 1. The topological polar surface area (TPSA) is 79.2 Å². The summed E-state index contributed by atoms with van der Waals surface area (Å²) in [7, 11) is 1.30. The van der Waals surface area contributed by atoms with Crippen LogP contribution >= 0.6 is 0 Å². The molecule has 0 saturated heterocycles. The zero-order chi connectivity index (χ0) is 28.9. The Morgan fingerprint density at radius 3 is 2.08 bits per heavy atom. The molecule has 0 aliphatic carbocycles. The van der Waals surface area contributed by atoms with Crippen molar-refractivity contribution in [3.63, 3.8) is 0 Å². The molecule has 6 heteroatoms. The minimum Gasteiger partial charge on any atom is -0.487 e. The molecule has 0 amide bonds. The Kier molecular flexibility index (Phi) is 9.54. The summed E-state index contributed by atoms with van der Waals surface area (Å²) in [5.41, 5.74) is 8.11. The first kappa shape index (κ1) is 29.6. The average Bonchev–Trinajstić information content (AvgIpc) is 3.24. The lowest BCUT2D eigenvalue weighted by Crippen LogP contribution is -2.25. The number of methoxy groups -OCH3 is 1. The van der Waals surface area contributed by atoms with Gasteiger partial charge in [-0.15, -0.1) is 0 Å². The molecule has 1 aliphatic heterocycles. The highest BCUT2D eigenvalue weighted by molar-refractivity contribution is 5.71. The van der Waals surface area contributed by atoms with E-state index in [2.05, 4.69) is 85.9 Å². The molecule has 0 aromatic heterocycles. The second-order valence-electron chi connectivity index (χ2n) is 11.6. The van der Waals surface area contributed by atoms with Gasteiger partial charge in [-0.05, 0) is 74.8 Å². The maximum absolute atomic E-state index is 11.5. The monoisotopic (exact) mass is 545 g/mol. The molecule has 3 aromatic carbocycles. The van der Waals surface area contributed by atoms with E-state index in [4.69, 9.17) is 4.74 Å². The number of hydrogen-bond acceptors (Lipinski definition) is 6. The number of benzene rings is 3. The van der Waals surface area contributed by atoms with Crippen molar-refractivity contribution >= 4 is 11.7 Å². The fraction of sp³-hybridized carbons (Fsp3) is 0.441. The summed E-state index contributed by atoms with van der Waals surface area (Å²) < 4.78 is 11.2. The highest BCUT2D eigenvalue weighted by Gasteiger charge is 2.36. The highest BCUT2D eigenvalue weighted by atomic mass is 16.5. The fourth-order valence-electron chi connectivity index (χ4n) is 5.86. The third kappa shape index (κ3) is 7.23. The number of anilines is 1. The van der Waals surface area contributed by atoms with Gasteiger partial charge in [0, 0.05) is 30.8 Å². The lowest BCUT2D eigenvalue weighted by Gasteiger charge is -2.31. The van der Waals surface area contributed by atoms with Gasteiger partial charge in [-0.1, -0.05) is 60.7 Å². The second kappa shape index (κ2) is 12.9. The average molecular weight is 546 g/mol. The quantitative estimate of drug-likeness (QED) is 0.279. The molecular weight excluding hydrogens is 502 g/mol. The molecule has 214 valence electrons. The van der Waals surface area contributed by atoms with Crippen LogP contribution in [0, 0.1) is 13.8 Å². The molecule has 6 nitrogen and oxygen atoms in total. The molecule has 0 bridgehead atoms. The first-order chi connectivity index (χ1) is 19.1. The van der Waals surface area contributed by atoms with Gasteiger partial charge in [0.05, 0.1) is 25.7 Å². The van der Waals surface area contributed by atoms with Crippen molar-refractivity contribution in [3.8, 4) is 5.75 Å². The molecule has 2 atom stereocenters. The smallest absolute Gasteiger partial charge is 0.308 e. The Hall–Kier alpha value is -3.35. The molecule has 0 saturated carbocycles. The van der Waals surface area contributed by atoms with Crippen LogP contribution in [0.5, 0.6) is 5.75 Å². The normalized spacial score (nSPS) is 15.2. The van der Waals surface area contributed by atoms with E-state index in [1.165, 1.54) is 35.1 Å². The second-order valence-corrected chi connectivity index (χ2v) is 11.6. The third-order valence-corrected chi connectivity index (χ3v) is 7.80. The summed E-state index contributed by atoms with van der Waals surface area (Å²) in [5, 5.41) is 21.0. The molecule has 40 heavy (non-hydrogen) atoms. The van der Waals surface area contributed by atoms with Crippen molar-refractivity contribution in [1.29, 1.82) is 0 Å². The van der Waals surface area contributed by atoms with Gasteiger partial charge in [0.15, 0.2) is 0 Å². The van der Waals surface area contributed by atoms with Gasteiger partial charge in [0.1, 0.15) is 11.4 Å². The Bertz CT molecular complexity index is 1250. The van der Waals surface area contributed by atoms with E-state index in [1.807, 2.05) is 12.1 Å². The number of aliphatic hydroxyl groups excluding tert-OH is 2. The van der Waals surface area contributed by atoms with Crippen LogP contribution in [0.2, 0.25) is 0 Å². The molecule has 4 rings (SSSR count). The first-order valence-corrected chi connectivity index (χ1v) is 14.2. The molecular formula is C34H43NO5. The van der Waals surface area contributed by atoms with E-state index in [9.17, 15) is 15.0 Å². The molecule has 2 unspecified atom stereocenters. The zero-order valence-electron chi connectivity index (χ0n) is 24.4. The Balaban J connectivity index is 1.69. The van der Waals surface area contributed by atoms with E-state index in [1.54, 1.807) is 0 Å². The fourth-order valence-corrected chi connectivity index (χ4v) is 5.86. The minimum absolute atomic E-state index is 0.121. The number of esters is 1. The predicted octanol–water partition coefficient (Wildman–Crippen LogP) is 5.83. The van der Waals surface area contributed by atoms with E-state index in [-0.39, 0.29) is 18.4 Å². The first-order valence-electron chi connectivity index (χ1n) is 14.2. The molecule has 0 spiro atoms. The number of aliphatic hydroxyl groups is 2. The largest absolute Gasteiger partial charge is 0.487 e. The van der Waals surface area contributed by atoms with Crippen LogP contribution in [-0.4, -0.2) is 41.1 Å². The van der Waals surface area contributed by atoms with Crippen LogP contribution in [0.1, 0.15) is 66.5 Å². The van der Waals surface area contributed by atoms with Gasteiger partial charge in [0.2, 0.25) is 0 Å². The number of fused-ring (bicyclic) bond motifs is 1. The van der Waals surface area contributed by atoms with Crippen LogP contribution < -0.4 is 9.64 Å². The van der Waals surface area contributed by atoms with Crippen LogP contribution in [-0.2, 0) is 35.5 Å². The molecule has 1 aliphatic rings. The zero-order valence-corrected chi connectivity index (χ0v) is 24.4. The van der Waals surface area contributed by atoms with Crippen molar-refractivity contribution in [3.05, 3.63) is 94.0 Å². The summed E-state index contributed by atoms with van der Waals surface area (Å²) in [6.45, 7) is 10.1. The Labute approximate surface area is 238 Å². The molecule has 2 N–H and O–H groups in total. The van der Waals surface area contributed by atoms with Crippen molar-refractivity contribution in [2.75, 3.05) is 12.0 Å². The summed E-state index contributed by atoms with van der Waals surface area (Å²) >= 11 is 0. The van der Waals surface area contributed by atoms with Crippen LogP contribution in [0.3, 0.4) is 0 Å². The van der Waals surface area contributed by atoms with Crippen molar-refractivity contribution < 1.29 is 24.5 Å². The summed E-state index contributed by atoms with van der Waals surface area (Å²) in [6, 6.07) is 21.1. The standard InChI is InChI=1S/C34H43NO5/c1-23-29(17-16-27(36)18-28(37)19-31(38)39-5)33-30(20-34(3,4)40-33)24(2)32(23)35(21-25-12-8-6-9-13-25)22-26-14-10-7-11-15-26/h6-15,27-28,36-37H,16-22H2,1-5H3. The Morgan fingerprint density at radius 1 is 0.950 bits per heavy atom. The van der Waals surface area contributed by atoms with E-state index < -0.39 is 18.2 Å². The minimum atomic E-state index is -0.940. The van der Waals surface area contributed by atoms with Gasteiger partial charge in [-0.2, -0.15) is 0 Å². The number of ether oxygens (including phenoxy) is 2. The number of carbonyl (C=O) groups is 1. The Morgan fingerprint density at radius 2 is 1.52 bits per heavy atom. The van der Waals surface area contributed by atoms with Crippen molar-refractivity contribution in [2.45, 2.75) is 90.7 Å². The summed E-state index contributed by atoms with van der Waals surface area (Å²) in [4.78, 5) is 14.0. The van der Waals surface area contributed by atoms with Gasteiger partial charge in [0.25, 0.3) is 0 Å².